The van der Waals surface area contributed by atoms with Gasteiger partial charge in [0.15, 0.2) is 5.82 Å². The van der Waals surface area contributed by atoms with E-state index in [4.69, 9.17) is 11.6 Å². The first kappa shape index (κ1) is 17.5. The molecule has 130 valence electrons. The Morgan fingerprint density at radius 3 is 2.76 bits per heavy atom. The van der Waals surface area contributed by atoms with Crippen molar-refractivity contribution in [1.29, 1.82) is 0 Å². The molecule has 0 fully saturated rings. The van der Waals surface area contributed by atoms with Crippen molar-refractivity contribution >= 4 is 39.8 Å². The van der Waals surface area contributed by atoms with Crippen LogP contribution in [0.4, 0.5) is 14.6 Å². The molecule has 1 aliphatic carbocycles. The van der Waals surface area contributed by atoms with Gasteiger partial charge >= 0.3 is 6.08 Å². The molecule has 25 heavy (non-hydrogen) atoms. The zero-order valence-corrected chi connectivity index (χ0v) is 13.9. The Morgan fingerprint density at radius 1 is 1.28 bits per heavy atom. The van der Waals surface area contributed by atoms with Crippen LogP contribution >= 0.6 is 11.6 Å². The Labute approximate surface area is 145 Å². The highest BCUT2D eigenvalue weighted by atomic mass is 35.5. The lowest BCUT2D eigenvalue weighted by Gasteiger charge is -2.14. The van der Waals surface area contributed by atoms with E-state index in [1.807, 2.05) is 0 Å². The monoisotopic (exact) mass is 385 g/mol. The van der Waals surface area contributed by atoms with Crippen LogP contribution in [0.25, 0.3) is 12.3 Å². The fourth-order valence-corrected chi connectivity index (χ4v) is 3.37. The zero-order chi connectivity index (χ0) is 18.2. The molecule has 10 heteroatoms. The van der Waals surface area contributed by atoms with Gasteiger partial charge in [0.25, 0.3) is 10.1 Å². The average Bonchev–Trinajstić information content (AvgIpc) is 2.55. The molecule has 6 nitrogen and oxygen atoms in total. The summed E-state index contributed by atoms with van der Waals surface area (Å²) in [4.78, 5) is 6.22. The summed E-state index contributed by atoms with van der Waals surface area (Å²) in [5.74, 6) is -1.48. The highest BCUT2D eigenvalue weighted by molar-refractivity contribution is 7.86. The topological polar surface area (TPSA) is 92.2 Å². The Morgan fingerprint density at radius 2 is 2.04 bits per heavy atom. The summed E-state index contributed by atoms with van der Waals surface area (Å²) in [6.07, 6.45) is 4.57. The molecule has 0 amide bonds. The van der Waals surface area contributed by atoms with Gasteiger partial charge in [0.1, 0.15) is 10.3 Å². The largest absolute Gasteiger partial charge is 0.345 e. The minimum atomic E-state index is -4.32. The second-order valence-corrected chi connectivity index (χ2v) is 6.99. The number of hydrogen-bond acceptors (Lipinski definition) is 5. The molecule has 0 saturated heterocycles. The summed E-state index contributed by atoms with van der Waals surface area (Å²) in [5, 5.41) is 1.92. The molecule has 1 aromatic carbocycles. The highest BCUT2D eigenvalue weighted by Gasteiger charge is 2.24. The van der Waals surface area contributed by atoms with Crippen LogP contribution in [0.5, 0.6) is 0 Å². The fraction of sp³-hybridized carbons (Fsp3) is 0.0667. The van der Waals surface area contributed by atoms with Crippen LogP contribution in [0, 0.1) is 12.0 Å². The van der Waals surface area contributed by atoms with Gasteiger partial charge in [-0.15, -0.1) is 0 Å². The maximum atomic E-state index is 13.3. The Balaban J connectivity index is 2.10. The molecule has 0 saturated carbocycles. The number of aromatic nitrogens is 2. The van der Waals surface area contributed by atoms with E-state index < -0.39 is 32.4 Å². The van der Waals surface area contributed by atoms with E-state index >= 15 is 0 Å². The van der Waals surface area contributed by atoms with E-state index in [1.165, 1.54) is 18.4 Å². The molecule has 1 aromatic heterocycles. The molecule has 2 aromatic rings. The first-order valence-corrected chi connectivity index (χ1v) is 8.74. The number of halogens is 3. The number of allylic oxidation sites excluding steroid dienone is 1. The lowest BCUT2D eigenvalue weighted by atomic mass is 10.0. The summed E-state index contributed by atoms with van der Waals surface area (Å²) in [6.45, 7) is 0. The van der Waals surface area contributed by atoms with Crippen molar-refractivity contribution in [3.63, 3.8) is 0 Å². The molecule has 0 bridgehead atoms. The molecular weight excluding hydrogens is 376 g/mol. The van der Waals surface area contributed by atoms with Crippen LogP contribution in [-0.4, -0.2) is 22.9 Å². The summed E-state index contributed by atoms with van der Waals surface area (Å²) in [5.41, 5.74) is 0.367. The molecule has 1 aliphatic rings. The van der Waals surface area contributed by atoms with E-state index in [9.17, 15) is 21.8 Å². The van der Waals surface area contributed by atoms with Crippen LogP contribution in [0.3, 0.4) is 0 Å². The van der Waals surface area contributed by atoms with E-state index in [-0.39, 0.29) is 5.82 Å². The SMILES string of the molecule is O=S(=O)(O)C1C=CC=c2c1cccc2=CNc1nc(F)nc(F)c1Cl. The van der Waals surface area contributed by atoms with Crippen molar-refractivity contribution in [3.8, 4) is 0 Å². The predicted octanol–water partition coefficient (Wildman–Crippen LogP) is 1.54. The van der Waals surface area contributed by atoms with E-state index in [1.54, 1.807) is 24.3 Å². The van der Waals surface area contributed by atoms with Crippen LogP contribution in [-0.2, 0) is 10.1 Å². The third kappa shape index (κ3) is 3.53. The number of anilines is 1. The molecule has 1 heterocycles. The lowest BCUT2D eigenvalue weighted by Crippen LogP contribution is -2.33. The van der Waals surface area contributed by atoms with Crippen LogP contribution in [0.15, 0.2) is 30.4 Å². The molecule has 0 radical (unpaired) electrons. The maximum Gasteiger partial charge on any atom is 0.313 e. The first-order chi connectivity index (χ1) is 11.8. The first-order valence-electron chi connectivity index (χ1n) is 6.86. The van der Waals surface area contributed by atoms with Gasteiger partial charge in [-0.25, -0.2) is 0 Å². The molecule has 2 N–H and O–H groups in total. The van der Waals surface area contributed by atoms with Gasteiger partial charge in [0.2, 0.25) is 5.95 Å². The van der Waals surface area contributed by atoms with Crippen molar-refractivity contribution in [3.05, 3.63) is 63.4 Å². The number of nitrogens with one attached hydrogen (secondary N) is 1. The van der Waals surface area contributed by atoms with Crippen LogP contribution in [0.1, 0.15) is 10.8 Å². The van der Waals surface area contributed by atoms with Crippen molar-refractivity contribution in [2.75, 3.05) is 5.32 Å². The summed E-state index contributed by atoms with van der Waals surface area (Å²) in [6, 6.07) is 4.78. The summed E-state index contributed by atoms with van der Waals surface area (Å²) in [7, 11) is -4.32. The fourth-order valence-electron chi connectivity index (χ4n) is 2.42. The van der Waals surface area contributed by atoms with Gasteiger partial charge in [0, 0.05) is 6.20 Å². The minimum absolute atomic E-state index is 0.276. The molecule has 1 unspecified atom stereocenters. The van der Waals surface area contributed by atoms with Gasteiger partial charge < -0.3 is 5.32 Å². The number of fused-ring (bicyclic) bond motifs is 1. The molecule has 0 aliphatic heterocycles. The number of nitrogens with zero attached hydrogens (tertiary/aromatic N) is 2. The second kappa shape index (κ2) is 6.51. The predicted molar refractivity (Wildman–Crippen MR) is 88.6 cm³/mol. The van der Waals surface area contributed by atoms with Gasteiger partial charge in [-0.1, -0.05) is 48.0 Å². The van der Waals surface area contributed by atoms with Gasteiger partial charge in [-0.2, -0.15) is 27.2 Å². The summed E-state index contributed by atoms with van der Waals surface area (Å²) < 4.78 is 58.8. The molecule has 1 atom stereocenters. The van der Waals surface area contributed by atoms with Crippen LogP contribution in [0.2, 0.25) is 5.02 Å². The third-order valence-corrected chi connectivity index (χ3v) is 4.89. The molecule has 0 spiro atoms. The highest BCUT2D eigenvalue weighted by Crippen LogP contribution is 2.22. The smallest absolute Gasteiger partial charge is 0.313 e. The number of hydrogen-bond donors (Lipinski definition) is 2. The second-order valence-electron chi connectivity index (χ2n) is 5.07. The normalized spacial score (nSPS) is 17.1. The zero-order valence-electron chi connectivity index (χ0n) is 12.3. The maximum absolute atomic E-state index is 13.3. The summed E-state index contributed by atoms with van der Waals surface area (Å²) >= 11 is 5.68. The van der Waals surface area contributed by atoms with Gasteiger partial charge in [0.05, 0.1) is 0 Å². The average molecular weight is 386 g/mol. The van der Waals surface area contributed by atoms with E-state index in [0.29, 0.717) is 16.0 Å². The minimum Gasteiger partial charge on any atom is -0.345 e. The van der Waals surface area contributed by atoms with Crippen LogP contribution < -0.4 is 15.8 Å². The third-order valence-electron chi connectivity index (χ3n) is 3.50. The Kier molecular flexibility index (Phi) is 4.55. The van der Waals surface area contributed by atoms with Crippen molar-refractivity contribution in [2.45, 2.75) is 5.25 Å². The quantitative estimate of drug-likeness (QED) is 0.473. The van der Waals surface area contributed by atoms with E-state index in [2.05, 4.69) is 15.3 Å². The van der Waals surface area contributed by atoms with Gasteiger partial charge in [-0.05, 0) is 16.0 Å². The lowest BCUT2D eigenvalue weighted by molar-refractivity contribution is 0.476. The molecule has 3 rings (SSSR count). The molecular formula is C15H10ClF2N3O3S. The Hall–Kier alpha value is -2.36. The number of rotatable bonds is 3. The Bertz CT molecular complexity index is 1100. The van der Waals surface area contributed by atoms with Crippen molar-refractivity contribution in [2.24, 2.45) is 0 Å². The van der Waals surface area contributed by atoms with E-state index in [0.717, 1.165) is 0 Å². The standard InChI is InChI=1S/C15H10ClF2N3O3S/c16-12-13(17)20-15(18)21-14(12)19-7-8-3-1-5-10-9(8)4-2-6-11(10)25(22,23)24/h1-7,11H,(H,19,20,21)(H,22,23,24). The van der Waals surface area contributed by atoms with Crippen molar-refractivity contribution < 1.29 is 21.8 Å². The van der Waals surface area contributed by atoms with Gasteiger partial charge in [-0.3, -0.25) is 4.55 Å². The van der Waals surface area contributed by atoms with Crippen molar-refractivity contribution in [1.82, 2.24) is 9.97 Å². The number of benzene rings is 1.